The second-order valence-electron chi connectivity index (χ2n) is 27.3. The number of esters is 3. The molecule has 1 heterocycles. The first-order valence-electron chi connectivity index (χ1n) is 36.5. The van der Waals surface area contributed by atoms with E-state index in [1.807, 2.05) is 97.9 Å². The lowest BCUT2D eigenvalue weighted by Crippen LogP contribution is -2.68. The number of methoxy groups -OCH3 is 1. The molecule has 2 N–H and O–H groups in total. The van der Waals surface area contributed by atoms with Gasteiger partial charge in [-0.05, 0) is 64.5 Å². The molecule has 524 valence electrons. The highest BCUT2D eigenvalue weighted by atomic mass is 32.2. The van der Waals surface area contributed by atoms with Gasteiger partial charge in [-0.1, -0.05) is 305 Å². The summed E-state index contributed by atoms with van der Waals surface area (Å²) < 4.78 is 44.5. The molecule has 2 unspecified atom stereocenters. The first-order valence-corrected chi connectivity index (χ1v) is 39.2. The van der Waals surface area contributed by atoms with E-state index in [-0.39, 0.29) is 45.0 Å². The van der Waals surface area contributed by atoms with Crippen molar-refractivity contribution >= 4 is 54.3 Å². The largest absolute Gasteiger partial charge is 0.497 e. The molecule has 4 aromatic rings. The zero-order valence-electron chi connectivity index (χ0n) is 59.0. The van der Waals surface area contributed by atoms with E-state index >= 15 is 0 Å². The van der Waals surface area contributed by atoms with Crippen molar-refractivity contribution in [2.75, 3.05) is 20.3 Å². The number of hydrogen-bond acceptors (Lipinski definition) is 13. The summed E-state index contributed by atoms with van der Waals surface area (Å²) in [6.45, 7) is 14.3. The predicted octanol–water partition coefficient (Wildman–Crippen LogP) is 17.7. The Balaban J connectivity index is 1.32. The molecule has 0 aromatic heterocycles. The Kier molecular flexibility index (Phi) is 39.2. The third-order valence-electron chi connectivity index (χ3n) is 18.5. The number of rotatable bonds is 50. The summed E-state index contributed by atoms with van der Waals surface area (Å²) in [7, 11) is -1.60. The van der Waals surface area contributed by atoms with Crippen LogP contribution in [0.2, 0.25) is 5.04 Å². The molecule has 0 radical (unpaired) electrons. The zero-order valence-corrected chi connectivity index (χ0v) is 60.8. The summed E-state index contributed by atoms with van der Waals surface area (Å²) in [6.07, 6.45) is 27.3. The van der Waals surface area contributed by atoms with Crippen molar-refractivity contribution in [3.8, 4) is 5.75 Å². The number of nitrogens with one attached hydrogen (secondary N) is 1. The Morgan fingerprint density at radius 2 is 1.06 bits per heavy atom. The second kappa shape index (κ2) is 46.2. The van der Waals surface area contributed by atoms with E-state index in [0.717, 1.165) is 71.5 Å². The number of amides is 1. The van der Waals surface area contributed by atoms with Gasteiger partial charge in [0.2, 0.25) is 5.91 Å². The molecule has 1 aliphatic rings. The van der Waals surface area contributed by atoms with Crippen LogP contribution in [0.25, 0.3) is 0 Å². The van der Waals surface area contributed by atoms with Crippen molar-refractivity contribution in [1.82, 2.24) is 5.32 Å². The molecular weight excluding hydrogens is 1220 g/mol. The SMILES string of the molecule is CCCCCCCCCCCCCCCCCC(=O)N[C@@H](CO[Si](c1ccccc1)(c1ccccc1)C(C)(C)C)[C@H](OC(C)=O)[C@@H](CCCCCCCCCCCCCC)OC(=O)CCC(=O)OCC1O[C@@H](Sc2ccccc2)C(OCc2ccc(OC)cc2)[C@@H](C)[C@@H]1O. The lowest BCUT2D eigenvalue weighted by Gasteiger charge is -2.44. The van der Waals surface area contributed by atoms with Crippen LogP contribution in [-0.4, -0.2) is 99.6 Å². The maximum absolute atomic E-state index is 14.5. The topological polar surface area (TPSA) is 165 Å². The first kappa shape index (κ1) is 79.7. The molecule has 4 aromatic carbocycles. The van der Waals surface area contributed by atoms with Crippen molar-refractivity contribution in [3.05, 3.63) is 121 Å². The molecule has 15 heteroatoms. The van der Waals surface area contributed by atoms with Gasteiger partial charge in [-0.3, -0.25) is 19.2 Å². The van der Waals surface area contributed by atoms with Crippen LogP contribution in [0, 0.1) is 5.92 Å². The summed E-state index contributed by atoms with van der Waals surface area (Å²) in [5.41, 5.74) is 0.382. The third kappa shape index (κ3) is 29.4. The molecule has 0 saturated carbocycles. The Morgan fingerprint density at radius 3 is 1.54 bits per heavy atom. The summed E-state index contributed by atoms with van der Waals surface area (Å²) in [4.78, 5) is 57.1. The van der Waals surface area contributed by atoms with E-state index in [4.69, 9.17) is 32.8 Å². The lowest BCUT2D eigenvalue weighted by atomic mass is 9.91. The fraction of sp³-hybridized carbons (Fsp3) is 0.646. The zero-order chi connectivity index (χ0) is 67.7. The van der Waals surface area contributed by atoms with Gasteiger partial charge < -0.3 is 43.3 Å². The molecule has 8 atom stereocenters. The highest BCUT2D eigenvalue weighted by Crippen LogP contribution is 2.39. The van der Waals surface area contributed by atoms with Gasteiger partial charge in [0, 0.05) is 24.2 Å². The molecule has 1 amide bonds. The number of carbonyl (C=O) groups is 4. The third-order valence-corrected chi connectivity index (χ3v) is 24.7. The molecule has 94 heavy (non-hydrogen) atoms. The van der Waals surface area contributed by atoms with E-state index in [1.54, 1.807) is 7.11 Å². The molecule has 1 saturated heterocycles. The maximum atomic E-state index is 14.5. The minimum absolute atomic E-state index is 0.0391. The van der Waals surface area contributed by atoms with E-state index < -0.39 is 79.2 Å². The van der Waals surface area contributed by atoms with Crippen LogP contribution >= 0.6 is 11.8 Å². The smallest absolute Gasteiger partial charge is 0.306 e. The monoisotopic (exact) mass is 1340 g/mol. The highest BCUT2D eigenvalue weighted by molar-refractivity contribution is 7.99. The van der Waals surface area contributed by atoms with Crippen LogP contribution in [0.5, 0.6) is 5.75 Å². The molecule has 1 fully saturated rings. The van der Waals surface area contributed by atoms with Gasteiger partial charge in [0.15, 0.2) is 6.10 Å². The Labute approximate surface area is 572 Å². The van der Waals surface area contributed by atoms with Crippen molar-refractivity contribution in [1.29, 1.82) is 0 Å². The molecule has 0 aliphatic carbocycles. The molecular formula is C79H121NO12SSi. The predicted molar refractivity (Wildman–Crippen MR) is 384 cm³/mol. The molecule has 13 nitrogen and oxygen atoms in total. The summed E-state index contributed by atoms with van der Waals surface area (Å²) >= 11 is 1.48. The van der Waals surface area contributed by atoms with Gasteiger partial charge in [0.1, 0.15) is 30.0 Å². The molecule has 1 aliphatic heterocycles. The fourth-order valence-electron chi connectivity index (χ4n) is 13.0. The van der Waals surface area contributed by atoms with Crippen LogP contribution < -0.4 is 20.4 Å². The van der Waals surface area contributed by atoms with Crippen molar-refractivity contribution in [2.45, 2.75) is 306 Å². The number of carbonyl (C=O) groups excluding carboxylic acids is 4. The number of thioether (sulfide) groups is 1. The van der Waals surface area contributed by atoms with E-state index in [1.165, 1.54) is 134 Å². The number of ether oxygens (including phenoxy) is 6. The van der Waals surface area contributed by atoms with Crippen molar-refractivity contribution < 1.29 is 57.1 Å². The van der Waals surface area contributed by atoms with E-state index in [9.17, 15) is 24.3 Å². The second-order valence-corrected chi connectivity index (χ2v) is 32.7. The van der Waals surface area contributed by atoms with E-state index in [2.05, 4.69) is 64.2 Å². The molecule has 0 bridgehead atoms. The van der Waals surface area contributed by atoms with Gasteiger partial charge in [0.25, 0.3) is 8.32 Å². The van der Waals surface area contributed by atoms with Crippen molar-refractivity contribution in [3.63, 3.8) is 0 Å². The fourth-order valence-corrected chi connectivity index (χ4v) is 18.8. The van der Waals surface area contributed by atoms with Crippen LogP contribution in [0.15, 0.2) is 120 Å². The highest BCUT2D eigenvalue weighted by Gasteiger charge is 2.51. The minimum atomic E-state index is -3.22. The van der Waals surface area contributed by atoms with Crippen molar-refractivity contribution in [2.24, 2.45) is 5.92 Å². The minimum Gasteiger partial charge on any atom is -0.497 e. The number of unbranched alkanes of at least 4 members (excludes halogenated alkanes) is 25. The Morgan fingerprint density at radius 1 is 0.596 bits per heavy atom. The van der Waals surface area contributed by atoms with Gasteiger partial charge >= 0.3 is 17.9 Å². The molecule has 5 rings (SSSR count). The maximum Gasteiger partial charge on any atom is 0.306 e. The van der Waals surface area contributed by atoms with Gasteiger partial charge in [0.05, 0.1) is 51.4 Å². The molecule has 0 spiro atoms. The number of hydrogen-bond donors (Lipinski definition) is 2. The number of aliphatic hydroxyl groups excluding tert-OH is 1. The van der Waals surface area contributed by atoms with Gasteiger partial charge in [-0.15, -0.1) is 0 Å². The van der Waals surface area contributed by atoms with Crippen LogP contribution in [0.3, 0.4) is 0 Å². The first-order chi connectivity index (χ1) is 45.6. The van der Waals surface area contributed by atoms with Crippen LogP contribution in [0.4, 0.5) is 0 Å². The number of benzene rings is 4. The normalized spacial score (nSPS) is 17.6. The lowest BCUT2D eigenvalue weighted by molar-refractivity contribution is -0.201. The Hall–Kier alpha value is -5.03. The van der Waals surface area contributed by atoms with Crippen LogP contribution in [0.1, 0.15) is 253 Å². The van der Waals surface area contributed by atoms with E-state index in [0.29, 0.717) is 19.3 Å². The van der Waals surface area contributed by atoms with Gasteiger partial charge in [-0.25, -0.2) is 0 Å². The average molecular weight is 1340 g/mol. The van der Waals surface area contributed by atoms with Crippen LogP contribution in [-0.2, 0) is 53.9 Å². The summed E-state index contributed by atoms with van der Waals surface area (Å²) in [5, 5.41) is 16.7. The van der Waals surface area contributed by atoms with Gasteiger partial charge in [-0.2, -0.15) is 0 Å². The summed E-state index contributed by atoms with van der Waals surface area (Å²) in [6, 6.07) is 37.1. The Bertz CT molecular complexity index is 2600. The average Bonchev–Trinajstić information content (AvgIpc) is 0.750. The number of aliphatic hydroxyl groups is 1. The quantitative estimate of drug-likeness (QED) is 0.0186. The standard InChI is InChI=1S/C79H121NO12SSi/c1-9-11-13-15-17-19-21-23-24-25-27-29-31-33-44-52-72(82)80-69(60-89-94(79(5,6)7,67-47-39-35-40-48-67)68-49-41-36-42-50-68)77(90-63(4)81)70(51-43-32-30-28-26-22-20-18-16-14-12-10-2)91-74(84)58-57-73(83)87-61-71-75(85)62(3)76(78(92-71)93-66-45-37-34-38-46-66)88-59-64-53-55-65(86-8)56-54-64/h34-42,45-50,53-56,62,69-71,75-78,85H,9-33,43-44,51-52,57-61H2,1-8H3,(H,80,82)/t62-,69-,70+,71?,75-,76?,77-,78-/m0/s1. The summed E-state index contributed by atoms with van der Waals surface area (Å²) in [5.74, 6) is -1.78.